The molecule has 0 unspecified atom stereocenters. The highest BCUT2D eigenvalue weighted by molar-refractivity contribution is 5.93. The fraction of sp³-hybridized carbons (Fsp3) is 0.429. The van der Waals surface area contributed by atoms with E-state index in [1.165, 1.54) is 0 Å². The van der Waals surface area contributed by atoms with Gasteiger partial charge in [-0.2, -0.15) is 0 Å². The van der Waals surface area contributed by atoms with Gasteiger partial charge in [0.25, 0.3) is 0 Å². The molecule has 1 aromatic rings. The van der Waals surface area contributed by atoms with Crippen LogP contribution >= 0.6 is 0 Å². The summed E-state index contributed by atoms with van der Waals surface area (Å²) in [6.45, 7) is 5.67. The molecular formula is C14H20O5. The molecule has 0 aliphatic rings. The van der Waals surface area contributed by atoms with Gasteiger partial charge in [-0.3, -0.25) is 9.59 Å². The summed E-state index contributed by atoms with van der Waals surface area (Å²) in [7, 11) is 0. The van der Waals surface area contributed by atoms with Gasteiger partial charge in [-0.25, -0.2) is 0 Å². The molecule has 0 aliphatic carbocycles. The topological polar surface area (TPSA) is 83.8 Å². The van der Waals surface area contributed by atoms with Crippen molar-refractivity contribution in [1.82, 2.24) is 0 Å². The Labute approximate surface area is 112 Å². The highest BCUT2D eigenvalue weighted by Crippen LogP contribution is 2.09. The second-order valence-electron chi connectivity index (χ2n) is 3.70. The normalized spacial score (nSPS) is 9.63. The van der Waals surface area contributed by atoms with E-state index < -0.39 is 17.9 Å². The largest absolute Gasteiger partial charge is 0.481 e. The molecule has 106 valence electrons. The van der Waals surface area contributed by atoms with Gasteiger partial charge in [-0.15, -0.1) is 0 Å². The van der Waals surface area contributed by atoms with Crippen molar-refractivity contribution >= 4 is 11.9 Å². The van der Waals surface area contributed by atoms with Gasteiger partial charge < -0.3 is 14.9 Å². The zero-order valence-electron chi connectivity index (χ0n) is 11.2. The molecule has 0 atom stereocenters. The Kier molecular flexibility index (Phi) is 9.08. The Balaban J connectivity index is 0.000000555. The van der Waals surface area contributed by atoms with Gasteiger partial charge in [0.1, 0.15) is 0 Å². The Morgan fingerprint density at radius 3 is 1.84 bits per heavy atom. The van der Waals surface area contributed by atoms with Gasteiger partial charge in [0, 0.05) is 13.2 Å². The third-order valence-corrected chi connectivity index (χ3v) is 2.29. The predicted molar refractivity (Wildman–Crippen MR) is 71.1 cm³/mol. The molecule has 0 bridgehead atoms. The minimum Gasteiger partial charge on any atom is -0.481 e. The Hall–Kier alpha value is -1.88. The van der Waals surface area contributed by atoms with Gasteiger partial charge in [-0.1, -0.05) is 30.3 Å². The van der Waals surface area contributed by atoms with E-state index in [2.05, 4.69) is 0 Å². The Morgan fingerprint density at radius 2 is 1.53 bits per heavy atom. The van der Waals surface area contributed by atoms with Crippen LogP contribution in [0.15, 0.2) is 30.3 Å². The molecule has 19 heavy (non-hydrogen) atoms. The molecule has 5 nitrogen and oxygen atoms in total. The maximum absolute atomic E-state index is 10.6. The molecule has 0 saturated carbocycles. The first kappa shape index (κ1) is 17.1. The quantitative estimate of drug-likeness (QED) is 0.771. The third kappa shape index (κ3) is 7.94. The summed E-state index contributed by atoms with van der Waals surface area (Å²) < 4.78 is 4.83. The summed E-state index contributed by atoms with van der Waals surface area (Å²) in [5.41, 5.74) is 0.710. The number of aliphatic carboxylic acids is 2. The third-order valence-electron chi connectivity index (χ3n) is 2.29. The second-order valence-corrected chi connectivity index (χ2v) is 3.70. The summed E-state index contributed by atoms with van der Waals surface area (Å²) in [4.78, 5) is 21.1. The summed E-state index contributed by atoms with van der Waals surface area (Å²) in [5, 5.41) is 17.2. The lowest BCUT2D eigenvalue weighted by Gasteiger charge is -2.06. The van der Waals surface area contributed by atoms with E-state index in [9.17, 15) is 9.59 Å². The van der Waals surface area contributed by atoms with E-state index >= 15 is 0 Å². The maximum atomic E-state index is 10.6. The van der Waals surface area contributed by atoms with Crippen molar-refractivity contribution in [2.24, 2.45) is 5.92 Å². The molecule has 0 amide bonds. The van der Waals surface area contributed by atoms with Gasteiger partial charge >= 0.3 is 11.9 Å². The number of carbonyl (C=O) groups is 2. The molecule has 0 fully saturated rings. The predicted octanol–water partition coefficient (Wildman–Crippen LogP) is 2.06. The summed E-state index contributed by atoms with van der Waals surface area (Å²) in [5.74, 6) is -3.97. The molecule has 5 heteroatoms. The summed E-state index contributed by atoms with van der Waals surface area (Å²) in [6.07, 6.45) is 0.0194. The van der Waals surface area contributed by atoms with Crippen LogP contribution in [0.5, 0.6) is 0 Å². The molecule has 0 aliphatic heterocycles. The fourth-order valence-electron chi connectivity index (χ4n) is 1.33. The number of hydrogen-bond acceptors (Lipinski definition) is 3. The van der Waals surface area contributed by atoms with Crippen LogP contribution in [0.4, 0.5) is 0 Å². The van der Waals surface area contributed by atoms with Crippen LogP contribution in [0.3, 0.4) is 0 Å². The van der Waals surface area contributed by atoms with E-state index in [-0.39, 0.29) is 6.42 Å². The minimum absolute atomic E-state index is 0.0194. The fourth-order valence-corrected chi connectivity index (χ4v) is 1.33. The number of benzene rings is 1. The van der Waals surface area contributed by atoms with E-state index in [1.807, 2.05) is 13.8 Å². The minimum atomic E-state index is -1.36. The Morgan fingerprint density at radius 1 is 1.05 bits per heavy atom. The number of hydrogen-bond donors (Lipinski definition) is 2. The van der Waals surface area contributed by atoms with Crippen molar-refractivity contribution in [2.45, 2.75) is 20.3 Å². The van der Waals surface area contributed by atoms with Gasteiger partial charge in [-0.05, 0) is 25.8 Å². The van der Waals surface area contributed by atoms with Crippen LogP contribution < -0.4 is 0 Å². The maximum Gasteiger partial charge on any atom is 0.318 e. The first-order valence-corrected chi connectivity index (χ1v) is 6.10. The standard InChI is InChI=1S/C10H10O4.C4H10O/c11-9(12)8(10(13)14)6-7-4-2-1-3-5-7;1-3-5-4-2/h1-5,8H,6H2,(H,11,12)(H,13,14);3-4H2,1-2H3. The number of rotatable bonds is 6. The van der Waals surface area contributed by atoms with Crippen molar-refractivity contribution in [3.63, 3.8) is 0 Å². The first-order valence-electron chi connectivity index (χ1n) is 6.10. The molecule has 0 radical (unpaired) electrons. The monoisotopic (exact) mass is 268 g/mol. The summed E-state index contributed by atoms with van der Waals surface area (Å²) in [6, 6.07) is 8.70. The van der Waals surface area contributed by atoms with Crippen molar-refractivity contribution in [3.8, 4) is 0 Å². The SMILES string of the molecule is CCOCC.O=C(O)C(Cc1ccccc1)C(=O)O. The lowest BCUT2D eigenvalue weighted by Crippen LogP contribution is -2.25. The molecule has 2 N–H and O–H groups in total. The smallest absolute Gasteiger partial charge is 0.318 e. The molecule has 0 heterocycles. The highest BCUT2D eigenvalue weighted by atomic mass is 16.5. The van der Waals surface area contributed by atoms with Crippen LogP contribution in [0.1, 0.15) is 19.4 Å². The van der Waals surface area contributed by atoms with Crippen molar-refractivity contribution in [1.29, 1.82) is 0 Å². The molecule has 1 aromatic carbocycles. The molecule has 0 aromatic heterocycles. The average Bonchev–Trinajstić information content (AvgIpc) is 2.38. The zero-order chi connectivity index (χ0) is 14.7. The summed E-state index contributed by atoms with van der Waals surface area (Å²) >= 11 is 0. The van der Waals surface area contributed by atoms with Gasteiger partial charge in [0.05, 0.1) is 0 Å². The second kappa shape index (κ2) is 10.1. The average molecular weight is 268 g/mol. The number of ether oxygens (including phenoxy) is 1. The van der Waals surface area contributed by atoms with Crippen LogP contribution in [0, 0.1) is 5.92 Å². The molecule has 0 saturated heterocycles. The van der Waals surface area contributed by atoms with Gasteiger partial charge in [0.2, 0.25) is 0 Å². The van der Waals surface area contributed by atoms with Crippen LogP contribution in [0.25, 0.3) is 0 Å². The van der Waals surface area contributed by atoms with E-state index in [4.69, 9.17) is 14.9 Å². The van der Waals surface area contributed by atoms with Crippen LogP contribution in [-0.4, -0.2) is 35.4 Å². The number of carboxylic acids is 2. The van der Waals surface area contributed by atoms with Crippen molar-refractivity contribution < 1.29 is 24.5 Å². The lowest BCUT2D eigenvalue weighted by molar-refractivity contribution is -0.154. The van der Waals surface area contributed by atoms with Crippen molar-refractivity contribution in [3.05, 3.63) is 35.9 Å². The lowest BCUT2D eigenvalue weighted by atomic mass is 10.00. The van der Waals surface area contributed by atoms with E-state index in [0.717, 1.165) is 13.2 Å². The molecule has 0 spiro atoms. The number of carboxylic acid groups (broad SMARTS) is 2. The zero-order valence-corrected chi connectivity index (χ0v) is 11.2. The van der Waals surface area contributed by atoms with Gasteiger partial charge in [0.15, 0.2) is 5.92 Å². The Bertz CT molecular complexity index is 359. The van der Waals surface area contributed by atoms with Crippen molar-refractivity contribution in [2.75, 3.05) is 13.2 Å². The highest BCUT2D eigenvalue weighted by Gasteiger charge is 2.25. The molecular weight excluding hydrogens is 248 g/mol. The van der Waals surface area contributed by atoms with Crippen LogP contribution in [0.2, 0.25) is 0 Å². The molecule has 1 rings (SSSR count). The van der Waals surface area contributed by atoms with E-state index in [1.54, 1.807) is 30.3 Å². The van der Waals surface area contributed by atoms with E-state index in [0.29, 0.717) is 5.56 Å². The first-order chi connectivity index (χ1) is 9.02. The van der Waals surface area contributed by atoms with Crippen LogP contribution in [-0.2, 0) is 20.7 Å².